The minimum absolute atomic E-state index is 0.325. The van der Waals surface area contributed by atoms with Gasteiger partial charge in [0.2, 0.25) is 5.16 Å². The Bertz CT molecular complexity index is 333. The van der Waals surface area contributed by atoms with E-state index in [-0.39, 0.29) is 0 Å². The van der Waals surface area contributed by atoms with Gasteiger partial charge in [-0.3, -0.25) is 4.79 Å². The third-order valence-corrected chi connectivity index (χ3v) is 2.40. The quantitative estimate of drug-likeness (QED) is 0.408. The van der Waals surface area contributed by atoms with Crippen LogP contribution in [0.4, 0.5) is 0 Å². The molecule has 0 aliphatic rings. The molecule has 1 aromatic rings. The monoisotopic (exact) mass is 227 g/mol. The summed E-state index contributed by atoms with van der Waals surface area (Å²) in [6.07, 6.45) is 3.28. The summed E-state index contributed by atoms with van der Waals surface area (Å²) in [5, 5.41) is 8.68. The van der Waals surface area contributed by atoms with Crippen LogP contribution in [0.3, 0.4) is 0 Å². The molecule has 0 aliphatic carbocycles. The maximum atomic E-state index is 9.97. The van der Waals surface area contributed by atoms with Crippen molar-refractivity contribution in [2.24, 2.45) is 0 Å². The number of nitrogens with zero attached hydrogens (tertiary/aromatic N) is 3. The van der Waals surface area contributed by atoms with Gasteiger partial charge < -0.3 is 4.74 Å². The number of aryl methyl sites for hydroxylation is 1. The molecule has 0 fully saturated rings. The lowest BCUT2D eigenvalue weighted by Crippen LogP contribution is -2.07. The van der Waals surface area contributed by atoms with Gasteiger partial charge in [-0.15, -0.1) is 5.10 Å². The molecule has 5 nitrogen and oxygen atoms in total. The summed E-state index contributed by atoms with van der Waals surface area (Å²) in [4.78, 5) is 14.3. The topological polar surface area (TPSA) is 65.0 Å². The van der Waals surface area contributed by atoms with E-state index in [1.165, 1.54) is 11.8 Å². The van der Waals surface area contributed by atoms with Gasteiger partial charge in [-0.25, -0.2) is 4.98 Å². The summed E-state index contributed by atoms with van der Waals surface area (Å²) in [5.74, 6) is 0. The molecular weight excluding hydrogens is 214 g/mol. The molecule has 0 bridgehead atoms. The van der Waals surface area contributed by atoms with Crippen molar-refractivity contribution in [3.05, 3.63) is 11.4 Å². The van der Waals surface area contributed by atoms with Crippen LogP contribution in [-0.4, -0.2) is 34.5 Å². The molecule has 82 valence electrons. The highest BCUT2D eigenvalue weighted by Crippen LogP contribution is 2.10. The molecular formula is C9H13N3O2S. The molecule has 0 radical (unpaired) electrons. The van der Waals surface area contributed by atoms with Crippen LogP contribution in [0.1, 0.15) is 18.3 Å². The van der Waals surface area contributed by atoms with Gasteiger partial charge in [0.25, 0.3) is 6.47 Å². The van der Waals surface area contributed by atoms with E-state index >= 15 is 0 Å². The minimum Gasteiger partial charge on any atom is -0.467 e. The van der Waals surface area contributed by atoms with Gasteiger partial charge in [-0.05, 0) is 12.7 Å². The first-order chi connectivity index (χ1) is 7.31. The minimum atomic E-state index is 0.325. The number of ether oxygens (including phenoxy) is 1. The molecule has 1 aromatic heterocycles. The number of thioether (sulfide) groups is 1. The Morgan fingerprint density at radius 3 is 2.80 bits per heavy atom. The van der Waals surface area contributed by atoms with E-state index in [1.807, 2.05) is 13.2 Å². The van der Waals surface area contributed by atoms with Gasteiger partial charge in [0.15, 0.2) is 0 Å². The Morgan fingerprint density at radius 1 is 1.40 bits per heavy atom. The van der Waals surface area contributed by atoms with E-state index in [0.717, 1.165) is 17.8 Å². The summed E-state index contributed by atoms with van der Waals surface area (Å²) in [5.41, 5.74) is 1.72. The predicted molar refractivity (Wildman–Crippen MR) is 56.7 cm³/mol. The number of hydrogen-bond acceptors (Lipinski definition) is 6. The van der Waals surface area contributed by atoms with Crippen LogP contribution in [-0.2, 0) is 22.4 Å². The molecule has 1 heterocycles. The van der Waals surface area contributed by atoms with Crippen molar-refractivity contribution in [1.29, 1.82) is 0 Å². The Morgan fingerprint density at radius 2 is 2.20 bits per heavy atom. The summed E-state index contributed by atoms with van der Waals surface area (Å²) in [6.45, 7) is 2.77. The van der Waals surface area contributed by atoms with Gasteiger partial charge in [0.1, 0.15) is 0 Å². The zero-order valence-electron chi connectivity index (χ0n) is 8.77. The Kier molecular flexibility index (Phi) is 5.03. The summed E-state index contributed by atoms with van der Waals surface area (Å²) >= 11 is 1.46. The smallest absolute Gasteiger partial charge is 0.293 e. The van der Waals surface area contributed by atoms with Gasteiger partial charge in [-0.2, -0.15) is 5.10 Å². The largest absolute Gasteiger partial charge is 0.467 e. The average molecular weight is 227 g/mol. The van der Waals surface area contributed by atoms with Crippen molar-refractivity contribution in [2.45, 2.75) is 24.9 Å². The highest BCUT2D eigenvalue weighted by molar-refractivity contribution is 7.98. The molecule has 0 spiro atoms. The molecule has 0 atom stereocenters. The fraction of sp³-hybridized carbons (Fsp3) is 0.556. The lowest BCUT2D eigenvalue weighted by atomic mass is 10.2. The average Bonchev–Trinajstić information content (AvgIpc) is 2.29. The molecule has 0 N–H and O–H groups in total. The summed E-state index contributed by atoms with van der Waals surface area (Å²) < 4.78 is 4.61. The molecule has 0 aromatic carbocycles. The fourth-order valence-corrected chi connectivity index (χ4v) is 1.45. The lowest BCUT2D eigenvalue weighted by molar-refractivity contribution is -0.128. The van der Waals surface area contributed by atoms with Crippen LogP contribution in [0.25, 0.3) is 0 Å². The van der Waals surface area contributed by atoms with Gasteiger partial charge in [0, 0.05) is 6.42 Å². The molecule has 15 heavy (non-hydrogen) atoms. The first kappa shape index (κ1) is 11.9. The number of hydrogen-bond donors (Lipinski definition) is 0. The molecule has 0 unspecified atom stereocenters. The molecule has 0 saturated heterocycles. The van der Waals surface area contributed by atoms with E-state index < -0.39 is 0 Å². The van der Waals surface area contributed by atoms with E-state index in [1.54, 1.807) is 0 Å². The second kappa shape index (κ2) is 6.34. The van der Waals surface area contributed by atoms with Crippen molar-refractivity contribution in [3.8, 4) is 0 Å². The number of rotatable bonds is 6. The highest BCUT2D eigenvalue weighted by Gasteiger charge is 2.06. The van der Waals surface area contributed by atoms with Crippen LogP contribution in [0, 0.1) is 0 Å². The first-order valence-corrected chi connectivity index (χ1v) is 5.86. The van der Waals surface area contributed by atoms with E-state index in [2.05, 4.69) is 19.9 Å². The molecule has 0 aliphatic heterocycles. The van der Waals surface area contributed by atoms with Crippen molar-refractivity contribution < 1.29 is 9.53 Å². The Hall–Kier alpha value is -1.17. The first-order valence-electron chi connectivity index (χ1n) is 4.63. The Balaban J connectivity index is 2.73. The maximum Gasteiger partial charge on any atom is 0.293 e. The van der Waals surface area contributed by atoms with E-state index in [0.29, 0.717) is 24.7 Å². The highest BCUT2D eigenvalue weighted by atomic mass is 32.2. The summed E-state index contributed by atoms with van der Waals surface area (Å²) in [7, 11) is 0. The number of carbonyl (C=O) groups is 1. The van der Waals surface area contributed by atoms with Gasteiger partial charge in [-0.1, -0.05) is 18.7 Å². The lowest BCUT2D eigenvalue weighted by Gasteiger charge is -2.05. The zero-order chi connectivity index (χ0) is 11.1. The van der Waals surface area contributed by atoms with E-state index in [4.69, 9.17) is 0 Å². The zero-order valence-corrected chi connectivity index (χ0v) is 9.58. The molecule has 0 amide bonds. The van der Waals surface area contributed by atoms with Crippen LogP contribution < -0.4 is 0 Å². The molecule has 6 heteroatoms. The van der Waals surface area contributed by atoms with Crippen LogP contribution in [0.15, 0.2) is 5.16 Å². The van der Waals surface area contributed by atoms with E-state index in [9.17, 15) is 4.79 Å². The second-order valence-corrected chi connectivity index (χ2v) is 3.54. The van der Waals surface area contributed by atoms with Crippen molar-refractivity contribution in [3.63, 3.8) is 0 Å². The number of carbonyl (C=O) groups excluding carboxylic acids is 1. The SMILES string of the molecule is CCc1nc(SC)nnc1CCOC=O. The third kappa shape index (κ3) is 3.47. The molecule has 0 saturated carbocycles. The van der Waals surface area contributed by atoms with Crippen molar-refractivity contribution >= 4 is 18.2 Å². The fourth-order valence-electron chi connectivity index (χ4n) is 1.13. The van der Waals surface area contributed by atoms with Crippen LogP contribution in [0.5, 0.6) is 0 Å². The third-order valence-electron chi connectivity index (χ3n) is 1.86. The Labute approximate surface area is 92.6 Å². The standard InChI is InChI=1S/C9H13N3O2S/c1-3-7-8(4-5-14-6-13)11-12-9(10-7)15-2/h6H,3-5H2,1-2H3. The predicted octanol–water partition coefficient (Wildman–Crippen LogP) is 0.871. The van der Waals surface area contributed by atoms with Crippen molar-refractivity contribution in [2.75, 3.05) is 12.9 Å². The van der Waals surface area contributed by atoms with Gasteiger partial charge in [0.05, 0.1) is 18.0 Å². The van der Waals surface area contributed by atoms with Crippen LogP contribution in [0.2, 0.25) is 0 Å². The molecule has 1 rings (SSSR count). The number of aromatic nitrogens is 3. The second-order valence-electron chi connectivity index (χ2n) is 2.76. The van der Waals surface area contributed by atoms with Crippen molar-refractivity contribution in [1.82, 2.24) is 15.2 Å². The van der Waals surface area contributed by atoms with Gasteiger partial charge >= 0.3 is 0 Å². The normalized spacial score (nSPS) is 10.0. The maximum absolute atomic E-state index is 9.97. The van der Waals surface area contributed by atoms with Crippen LogP contribution >= 0.6 is 11.8 Å². The summed E-state index contributed by atoms with van der Waals surface area (Å²) in [6, 6.07) is 0.